The van der Waals surface area contributed by atoms with Gasteiger partial charge in [-0.2, -0.15) is 0 Å². The van der Waals surface area contributed by atoms with Crippen molar-refractivity contribution in [2.24, 2.45) is 0 Å². The number of hydrogen-bond acceptors (Lipinski definition) is 4. The van der Waals surface area contributed by atoms with E-state index in [1.165, 1.54) is 18.0 Å². The van der Waals surface area contributed by atoms with Crippen LogP contribution >= 0.6 is 11.6 Å². The van der Waals surface area contributed by atoms with Crippen molar-refractivity contribution in [2.75, 3.05) is 26.0 Å². The lowest BCUT2D eigenvalue weighted by atomic mass is 10.2. The fraction of sp³-hybridized carbons (Fsp3) is 0.227. The number of benzene rings is 2. The van der Waals surface area contributed by atoms with Gasteiger partial charge in [0.15, 0.2) is 0 Å². The van der Waals surface area contributed by atoms with Crippen LogP contribution in [0.3, 0.4) is 0 Å². The Morgan fingerprint density at radius 2 is 1.87 bits per heavy atom. The number of carbonyl (C=O) groups excluding carboxylic acids is 3. The molecule has 8 heteroatoms. The first kappa shape index (κ1) is 23.0. The number of halogens is 1. The highest BCUT2D eigenvalue weighted by atomic mass is 35.5. The molecule has 0 aliphatic carbocycles. The molecule has 0 radical (unpaired) electrons. The monoisotopic (exact) mass is 429 g/mol. The normalized spacial score (nSPS) is 11.6. The van der Waals surface area contributed by atoms with Crippen molar-refractivity contribution in [3.63, 3.8) is 0 Å². The molecule has 2 N–H and O–H groups in total. The Morgan fingerprint density at radius 1 is 1.17 bits per heavy atom. The minimum atomic E-state index is -0.790. The van der Waals surface area contributed by atoms with Gasteiger partial charge in [-0.15, -0.1) is 0 Å². The highest BCUT2D eigenvalue weighted by Gasteiger charge is 2.20. The first-order chi connectivity index (χ1) is 14.3. The first-order valence-corrected chi connectivity index (χ1v) is 9.59. The number of amides is 3. The number of nitrogens with zero attached hydrogens (tertiary/aromatic N) is 1. The van der Waals surface area contributed by atoms with Gasteiger partial charge >= 0.3 is 0 Å². The smallest absolute Gasteiger partial charge is 0.245 e. The summed E-state index contributed by atoms with van der Waals surface area (Å²) >= 11 is 5.89. The Hall–Kier alpha value is -3.32. The number of ether oxygens (including phenoxy) is 1. The van der Waals surface area contributed by atoms with Crippen LogP contribution in [0.1, 0.15) is 12.5 Å². The van der Waals surface area contributed by atoms with Gasteiger partial charge in [0.2, 0.25) is 17.7 Å². The van der Waals surface area contributed by atoms with Gasteiger partial charge in [-0.05, 0) is 48.9 Å². The van der Waals surface area contributed by atoms with Crippen LogP contribution in [0.15, 0.2) is 54.6 Å². The highest BCUT2D eigenvalue weighted by Crippen LogP contribution is 2.15. The second-order valence-corrected chi connectivity index (χ2v) is 7.03. The van der Waals surface area contributed by atoms with Gasteiger partial charge in [0.05, 0.1) is 13.7 Å². The topological polar surface area (TPSA) is 87.7 Å². The molecule has 158 valence electrons. The molecule has 2 aromatic carbocycles. The summed E-state index contributed by atoms with van der Waals surface area (Å²) in [6.07, 6.45) is 2.98. The molecule has 0 saturated carbocycles. The van der Waals surface area contributed by atoms with E-state index in [0.29, 0.717) is 10.7 Å². The van der Waals surface area contributed by atoms with Crippen LogP contribution in [0.5, 0.6) is 5.75 Å². The van der Waals surface area contributed by atoms with Crippen LogP contribution in [0.4, 0.5) is 5.69 Å². The van der Waals surface area contributed by atoms with Crippen LogP contribution in [-0.2, 0) is 14.4 Å². The standard InChI is InChI=1S/C22H24ClN3O4/c1-15(24-20(27)12-9-16-7-10-19(30-3)11-8-16)22(29)26(2)14-21(28)25-18-6-4-5-17(23)13-18/h4-13,15H,14H2,1-3H3,(H,24,27)(H,25,28)/b12-9+. The Kier molecular flexibility index (Phi) is 8.43. The van der Waals surface area contributed by atoms with E-state index in [1.54, 1.807) is 56.5 Å². The van der Waals surface area contributed by atoms with Gasteiger partial charge in [0.1, 0.15) is 11.8 Å². The molecule has 3 amide bonds. The van der Waals surface area contributed by atoms with E-state index in [-0.39, 0.29) is 18.4 Å². The largest absolute Gasteiger partial charge is 0.497 e. The van der Waals surface area contributed by atoms with Crippen molar-refractivity contribution in [1.29, 1.82) is 0 Å². The summed E-state index contributed by atoms with van der Waals surface area (Å²) in [5, 5.41) is 5.76. The highest BCUT2D eigenvalue weighted by molar-refractivity contribution is 6.30. The molecule has 30 heavy (non-hydrogen) atoms. The fourth-order valence-electron chi connectivity index (χ4n) is 2.60. The number of methoxy groups -OCH3 is 1. The molecule has 0 spiro atoms. The van der Waals surface area contributed by atoms with E-state index >= 15 is 0 Å². The SMILES string of the molecule is COc1ccc(/C=C/C(=O)NC(C)C(=O)N(C)CC(=O)Nc2cccc(Cl)c2)cc1. The molecule has 0 aliphatic rings. The quantitative estimate of drug-likeness (QED) is 0.631. The number of nitrogens with one attached hydrogen (secondary N) is 2. The zero-order valence-electron chi connectivity index (χ0n) is 17.0. The number of anilines is 1. The number of rotatable bonds is 8. The summed E-state index contributed by atoms with van der Waals surface area (Å²) in [6, 6.07) is 13.1. The molecule has 1 unspecified atom stereocenters. The van der Waals surface area contributed by atoms with Gasteiger partial charge < -0.3 is 20.3 Å². The Balaban J connectivity index is 1.83. The van der Waals surface area contributed by atoms with E-state index in [9.17, 15) is 14.4 Å². The molecule has 1 atom stereocenters. The van der Waals surface area contributed by atoms with Gasteiger partial charge in [0, 0.05) is 23.8 Å². The third kappa shape index (κ3) is 7.25. The van der Waals surface area contributed by atoms with Crippen molar-refractivity contribution in [3.8, 4) is 5.75 Å². The van der Waals surface area contributed by atoms with Crippen molar-refractivity contribution < 1.29 is 19.1 Å². The van der Waals surface area contributed by atoms with E-state index in [1.807, 2.05) is 12.1 Å². The summed E-state index contributed by atoms with van der Waals surface area (Å²) in [5.41, 5.74) is 1.36. The molecule has 0 bridgehead atoms. The molecular formula is C22H24ClN3O4. The molecule has 2 rings (SSSR count). The average molecular weight is 430 g/mol. The Labute approximate surface area is 180 Å². The van der Waals surface area contributed by atoms with Crippen molar-refractivity contribution in [3.05, 3.63) is 65.2 Å². The van der Waals surface area contributed by atoms with E-state index in [4.69, 9.17) is 16.3 Å². The summed E-state index contributed by atoms with van der Waals surface area (Å²) in [4.78, 5) is 37.9. The summed E-state index contributed by atoms with van der Waals surface area (Å²) < 4.78 is 5.08. The molecule has 0 saturated heterocycles. The predicted molar refractivity (Wildman–Crippen MR) is 117 cm³/mol. The third-order valence-corrected chi connectivity index (χ3v) is 4.37. The van der Waals surface area contributed by atoms with E-state index < -0.39 is 11.9 Å². The molecular weight excluding hydrogens is 406 g/mol. The van der Waals surface area contributed by atoms with Crippen LogP contribution < -0.4 is 15.4 Å². The van der Waals surface area contributed by atoms with Gasteiger partial charge in [-0.3, -0.25) is 14.4 Å². The number of carbonyl (C=O) groups is 3. The summed E-state index contributed by atoms with van der Waals surface area (Å²) in [5.74, 6) is -0.449. The Bertz CT molecular complexity index is 928. The fourth-order valence-corrected chi connectivity index (χ4v) is 2.79. The van der Waals surface area contributed by atoms with Crippen molar-refractivity contribution >= 4 is 41.1 Å². The van der Waals surface area contributed by atoms with Crippen LogP contribution in [0.25, 0.3) is 6.08 Å². The molecule has 2 aromatic rings. The zero-order valence-corrected chi connectivity index (χ0v) is 17.8. The van der Waals surface area contributed by atoms with Gasteiger partial charge in [-0.1, -0.05) is 29.8 Å². The van der Waals surface area contributed by atoms with Gasteiger partial charge in [0.25, 0.3) is 0 Å². The van der Waals surface area contributed by atoms with Crippen LogP contribution in [0, 0.1) is 0 Å². The molecule has 0 aromatic heterocycles. The maximum absolute atomic E-state index is 12.4. The second-order valence-electron chi connectivity index (χ2n) is 6.59. The summed E-state index contributed by atoms with van der Waals surface area (Å²) in [7, 11) is 3.07. The minimum absolute atomic E-state index is 0.159. The average Bonchev–Trinajstić information content (AvgIpc) is 2.71. The van der Waals surface area contributed by atoms with Crippen LogP contribution in [-0.4, -0.2) is 49.4 Å². The maximum Gasteiger partial charge on any atom is 0.245 e. The van der Waals surface area contributed by atoms with Crippen molar-refractivity contribution in [2.45, 2.75) is 13.0 Å². The lowest BCUT2D eigenvalue weighted by Gasteiger charge is -2.21. The Morgan fingerprint density at radius 3 is 2.50 bits per heavy atom. The van der Waals surface area contributed by atoms with Gasteiger partial charge in [-0.25, -0.2) is 0 Å². The first-order valence-electron chi connectivity index (χ1n) is 9.21. The molecule has 0 fully saturated rings. The lowest BCUT2D eigenvalue weighted by Crippen LogP contribution is -2.47. The summed E-state index contributed by atoms with van der Waals surface area (Å²) in [6.45, 7) is 1.40. The van der Waals surface area contributed by atoms with E-state index in [2.05, 4.69) is 10.6 Å². The van der Waals surface area contributed by atoms with E-state index in [0.717, 1.165) is 11.3 Å². The van der Waals surface area contributed by atoms with Crippen LogP contribution in [0.2, 0.25) is 5.02 Å². The second kappa shape index (κ2) is 11.0. The number of likely N-dealkylation sites (N-methyl/N-ethyl adjacent to an activating group) is 1. The minimum Gasteiger partial charge on any atom is -0.497 e. The lowest BCUT2D eigenvalue weighted by molar-refractivity contribution is -0.136. The molecule has 0 heterocycles. The maximum atomic E-state index is 12.4. The predicted octanol–water partition coefficient (Wildman–Crippen LogP) is 2.96. The number of hydrogen-bond donors (Lipinski definition) is 2. The third-order valence-electron chi connectivity index (χ3n) is 4.14. The van der Waals surface area contributed by atoms with Crippen molar-refractivity contribution in [1.82, 2.24) is 10.2 Å². The zero-order chi connectivity index (χ0) is 22.1. The molecule has 7 nitrogen and oxygen atoms in total. The molecule has 0 aliphatic heterocycles.